The summed E-state index contributed by atoms with van der Waals surface area (Å²) in [5.74, 6) is -0.241. The maximum atomic E-state index is 12.0. The lowest BCUT2D eigenvalue weighted by molar-refractivity contribution is -0.928. The molecule has 0 aromatic carbocycles. The van der Waals surface area contributed by atoms with Crippen molar-refractivity contribution in [1.82, 2.24) is 10.6 Å². The van der Waals surface area contributed by atoms with Crippen LogP contribution in [0.4, 0.5) is 4.79 Å². The molecule has 1 heterocycles. The molecule has 6 heteroatoms. The van der Waals surface area contributed by atoms with Crippen molar-refractivity contribution < 1.29 is 19.2 Å². The van der Waals surface area contributed by atoms with Gasteiger partial charge in [0.25, 0.3) is 5.91 Å². The third-order valence-electron chi connectivity index (χ3n) is 3.23. The third-order valence-corrected chi connectivity index (χ3v) is 3.23. The monoisotopic (exact) mass is 272 g/mol. The van der Waals surface area contributed by atoms with E-state index in [9.17, 15) is 9.59 Å². The number of urea groups is 1. The Morgan fingerprint density at radius 1 is 1.16 bits per heavy atom. The molecule has 1 aliphatic heterocycles. The Labute approximate surface area is 114 Å². The molecular formula is C13H26N3O3+. The van der Waals surface area contributed by atoms with Crippen molar-refractivity contribution in [2.45, 2.75) is 58.9 Å². The molecule has 3 amide bonds. The predicted molar refractivity (Wildman–Crippen MR) is 72.0 cm³/mol. The fourth-order valence-corrected chi connectivity index (χ4v) is 2.37. The van der Waals surface area contributed by atoms with Crippen LogP contribution >= 0.6 is 0 Å². The number of rotatable bonds is 3. The number of quaternary nitrogens is 1. The van der Waals surface area contributed by atoms with Gasteiger partial charge in [-0.15, -0.1) is 0 Å². The van der Waals surface area contributed by atoms with E-state index in [0.29, 0.717) is 0 Å². The summed E-state index contributed by atoms with van der Waals surface area (Å²) in [6.07, 6.45) is 0.275. The van der Waals surface area contributed by atoms with Crippen LogP contribution < -0.4 is 15.5 Å². The molecule has 1 saturated heterocycles. The molecule has 1 unspecified atom stereocenters. The maximum Gasteiger partial charge on any atom is 0.321 e. The van der Waals surface area contributed by atoms with Gasteiger partial charge >= 0.3 is 6.03 Å². The summed E-state index contributed by atoms with van der Waals surface area (Å²) in [4.78, 5) is 24.7. The number of morpholine rings is 1. The smallest absolute Gasteiger partial charge is 0.321 e. The Morgan fingerprint density at radius 2 is 1.68 bits per heavy atom. The van der Waals surface area contributed by atoms with Crippen molar-refractivity contribution in [2.24, 2.45) is 0 Å². The quantitative estimate of drug-likeness (QED) is 0.636. The van der Waals surface area contributed by atoms with Crippen molar-refractivity contribution in [3.05, 3.63) is 0 Å². The van der Waals surface area contributed by atoms with E-state index < -0.39 is 6.03 Å². The minimum atomic E-state index is -0.430. The van der Waals surface area contributed by atoms with Crippen LogP contribution in [0.15, 0.2) is 0 Å². The lowest BCUT2D eigenvalue weighted by atomic mass is 10.1. The minimum Gasteiger partial charge on any atom is -0.364 e. The molecule has 6 nitrogen and oxygen atoms in total. The number of hydrogen-bond acceptors (Lipinski definition) is 3. The van der Waals surface area contributed by atoms with E-state index in [1.807, 2.05) is 34.6 Å². The van der Waals surface area contributed by atoms with Crippen LogP contribution in [0, 0.1) is 0 Å². The molecule has 1 fully saturated rings. The maximum absolute atomic E-state index is 12.0. The first kappa shape index (κ1) is 15.9. The van der Waals surface area contributed by atoms with Gasteiger partial charge in [0.2, 0.25) is 0 Å². The van der Waals surface area contributed by atoms with E-state index in [1.165, 1.54) is 0 Å². The van der Waals surface area contributed by atoms with Gasteiger partial charge in [0.05, 0.1) is 0 Å². The zero-order valence-corrected chi connectivity index (χ0v) is 12.4. The predicted octanol–water partition coefficient (Wildman–Crippen LogP) is -0.699. The second kappa shape index (κ2) is 6.86. The fourth-order valence-electron chi connectivity index (χ4n) is 2.37. The lowest BCUT2D eigenvalue weighted by Gasteiger charge is -2.35. The van der Waals surface area contributed by atoms with Crippen LogP contribution in [-0.2, 0) is 9.53 Å². The number of imide groups is 1. The highest BCUT2D eigenvalue weighted by molar-refractivity contribution is 5.96. The third kappa shape index (κ3) is 5.16. The molecule has 0 aromatic heterocycles. The topological polar surface area (TPSA) is 71.9 Å². The first-order chi connectivity index (χ1) is 8.79. The second-order valence-electron chi connectivity index (χ2n) is 5.66. The van der Waals surface area contributed by atoms with E-state index in [0.717, 1.165) is 18.0 Å². The molecule has 0 aromatic rings. The van der Waals surface area contributed by atoms with E-state index in [2.05, 4.69) is 10.6 Å². The van der Waals surface area contributed by atoms with E-state index >= 15 is 0 Å². The molecule has 0 aliphatic carbocycles. The van der Waals surface area contributed by atoms with Crippen molar-refractivity contribution in [3.8, 4) is 0 Å². The molecule has 3 N–H and O–H groups in total. The summed E-state index contributed by atoms with van der Waals surface area (Å²) in [5, 5.41) is 5.03. The molecule has 0 saturated carbocycles. The summed E-state index contributed by atoms with van der Waals surface area (Å²) in [5.41, 5.74) is 0. The Bertz CT molecular complexity index is 323. The van der Waals surface area contributed by atoms with E-state index in [4.69, 9.17) is 4.74 Å². The zero-order chi connectivity index (χ0) is 14.6. The Kier molecular flexibility index (Phi) is 5.75. The van der Waals surface area contributed by atoms with Gasteiger partial charge in [0.1, 0.15) is 25.3 Å². The molecule has 4 atom stereocenters. The van der Waals surface area contributed by atoms with Crippen molar-refractivity contribution in [1.29, 1.82) is 0 Å². The number of carbonyl (C=O) groups excluding carboxylic acids is 2. The van der Waals surface area contributed by atoms with Crippen LogP contribution in [0.25, 0.3) is 0 Å². The Balaban J connectivity index is 2.49. The lowest BCUT2D eigenvalue weighted by Crippen LogP contribution is -3.19. The standard InChI is InChI=1S/C13H25N3O3/c1-8(2)14-13(18)15-12(17)11(5)16-6-9(3)19-10(4)7-16/h8-11H,6-7H2,1-5H3,(H2,14,15,17,18)/p+1/t9-,10+,11-/m0/s1. The highest BCUT2D eigenvalue weighted by Crippen LogP contribution is 1.99. The van der Waals surface area contributed by atoms with E-state index in [-0.39, 0.29) is 30.2 Å². The van der Waals surface area contributed by atoms with Gasteiger partial charge in [-0.05, 0) is 34.6 Å². The molecule has 0 radical (unpaired) electrons. The summed E-state index contributed by atoms with van der Waals surface area (Å²) in [6, 6.07) is -0.675. The van der Waals surface area contributed by atoms with Gasteiger partial charge in [0.15, 0.2) is 6.04 Å². The average molecular weight is 272 g/mol. The minimum absolute atomic E-state index is 0.0129. The zero-order valence-electron chi connectivity index (χ0n) is 12.4. The number of nitrogens with one attached hydrogen (secondary N) is 3. The van der Waals surface area contributed by atoms with Crippen LogP contribution in [0.2, 0.25) is 0 Å². The molecule has 1 rings (SSSR count). The summed E-state index contributed by atoms with van der Waals surface area (Å²) in [7, 11) is 0. The van der Waals surface area contributed by atoms with Gasteiger partial charge in [-0.25, -0.2) is 4.79 Å². The largest absolute Gasteiger partial charge is 0.364 e. The van der Waals surface area contributed by atoms with Gasteiger partial charge in [0, 0.05) is 6.04 Å². The Morgan fingerprint density at radius 3 is 2.16 bits per heavy atom. The molecular weight excluding hydrogens is 246 g/mol. The van der Waals surface area contributed by atoms with Gasteiger partial charge in [-0.3, -0.25) is 10.1 Å². The summed E-state index contributed by atoms with van der Waals surface area (Å²) >= 11 is 0. The summed E-state index contributed by atoms with van der Waals surface area (Å²) in [6.45, 7) is 11.1. The highest BCUT2D eigenvalue weighted by atomic mass is 16.5. The molecule has 0 bridgehead atoms. The second-order valence-corrected chi connectivity index (χ2v) is 5.66. The number of amides is 3. The summed E-state index contributed by atoms with van der Waals surface area (Å²) < 4.78 is 5.65. The van der Waals surface area contributed by atoms with Gasteiger partial charge in [-0.1, -0.05) is 0 Å². The normalized spacial score (nSPS) is 28.8. The average Bonchev–Trinajstić information content (AvgIpc) is 2.25. The molecule has 19 heavy (non-hydrogen) atoms. The molecule has 0 spiro atoms. The van der Waals surface area contributed by atoms with Crippen LogP contribution in [0.1, 0.15) is 34.6 Å². The first-order valence-corrected chi connectivity index (χ1v) is 6.91. The number of carbonyl (C=O) groups is 2. The Hall–Kier alpha value is -1.14. The van der Waals surface area contributed by atoms with Crippen LogP contribution in [0.3, 0.4) is 0 Å². The SMILES string of the molecule is CC(C)NC(=O)NC(=O)[C@H](C)[NH+]1C[C@@H](C)O[C@@H](C)C1. The van der Waals surface area contributed by atoms with Gasteiger partial charge < -0.3 is 15.0 Å². The number of hydrogen-bond donors (Lipinski definition) is 3. The van der Waals surface area contributed by atoms with Crippen molar-refractivity contribution >= 4 is 11.9 Å². The van der Waals surface area contributed by atoms with Crippen molar-refractivity contribution in [2.75, 3.05) is 13.1 Å². The van der Waals surface area contributed by atoms with Crippen molar-refractivity contribution in [3.63, 3.8) is 0 Å². The molecule has 110 valence electrons. The highest BCUT2D eigenvalue weighted by Gasteiger charge is 2.33. The molecule has 1 aliphatic rings. The fraction of sp³-hybridized carbons (Fsp3) is 0.846. The van der Waals surface area contributed by atoms with E-state index in [1.54, 1.807) is 0 Å². The van der Waals surface area contributed by atoms with Crippen LogP contribution in [-0.4, -0.2) is 49.3 Å². The number of ether oxygens (including phenoxy) is 1. The van der Waals surface area contributed by atoms with Crippen LogP contribution in [0.5, 0.6) is 0 Å². The van der Waals surface area contributed by atoms with Gasteiger partial charge in [-0.2, -0.15) is 0 Å². The first-order valence-electron chi connectivity index (χ1n) is 6.91.